The summed E-state index contributed by atoms with van der Waals surface area (Å²) in [5.41, 5.74) is 2.94. The molecule has 1 aromatic carbocycles. The van der Waals surface area contributed by atoms with Crippen LogP contribution in [0.15, 0.2) is 24.3 Å². The maximum absolute atomic E-state index is 4.71. The molecule has 106 valence electrons. The third-order valence-corrected chi connectivity index (χ3v) is 4.57. The van der Waals surface area contributed by atoms with Crippen LogP contribution in [0, 0.1) is 18.8 Å². The highest BCUT2D eigenvalue weighted by Crippen LogP contribution is 2.29. The van der Waals surface area contributed by atoms with Crippen LogP contribution in [-0.2, 0) is 0 Å². The minimum Gasteiger partial charge on any atom is -0.368 e. The van der Waals surface area contributed by atoms with Crippen molar-refractivity contribution in [1.82, 2.24) is 9.97 Å². The van der Waals surface area contributed by atoms with Crippen LogP contribution in [-0.4, -0.2) is 16.5 Å². The summed E-state index contributed by atoms with van der Waals surface area (Å²) in [6, 6.07) is 8.06. The van der Waals surface area contributed by atoms with Crippen molar-refractivity contribution in [1.29, 1.82) is 0 Å². The van der Waals surface area contributed by atoms with Crippen molar-refractivity contribution < 1.29 is 0 Å². The summed E-state index contributed by atoms with van der Waals surface area (Å²) < 4.78 is 0. The van der Waals surface area contributed by atoms with Gasteiger partial charge < -0.3 is 5.32 Å². The van der Waals surface area contributed by atoms with E-state index in [9.17, 15) is 0 Å². The number of anilines is 1. The van der Waals surface area contributed by atoms with Crippen LogP contribution in [0.4, 0.5) is 5.82 Å². The Labute approximate surface area is 120 Å². The Kier molecular flexibility index (Phi) is 3.86. The molecule has 2 atom stereocenters. The van der Waals surface area contributed by atoms with Gasteiger partial charge in [-0.2, -0.15) is 0 Å². The summed E-state index contributed by atoms with van der Waals surface area (Å²) in [6.45, 7) is 5.44. The van der Waals surface area contributed by atoms with Gasteiger partial charge in [-0.1, -0.05) is 38.3 Å². The zero-order valence-electron chi connectivity index (χ0n) is 12.4. The molecular weight excluding hydrogens is 246 g/mol. The molecular formula is C17H23N3. The number of fused-ring (bicyclic) bond motifs is 1. The second-order valence-electron chi connectivity index (χ2n) is 6.05. The first kappa shape index (κ1) is 13.3. The van der Waals surface area contributed by atoms with Gasteiger partial charge in [-0.05, 0) is 37.3 Å². The van der Waals surface area contributed by atoms with Crippen LogP contribution in [0.2, 0.25) is 0 Å². The molecule has 20 heavy (non-hydrogen) atoms. The van der Waals surface area contributed by atoms with Gasteiger partial charge in [-0.3, -0.25) is 0 Å². The Morgan fingerprint density at radius 1 is 1.10 bits per heavy atom. The predicted molar refractivity (Wildman–Crippen MR) is 83.9 cm³/mol. The van der Waals surface area contributed by atoms with E-state index in [1.165, 1.54) is 25.7 Å². The number of aryl methyl sites for hydroxylation is 1. The van der Waals surface area contributed by atoms with Crippen molar-refractivity contribution >= 4 is 16.9 Å². The highest BCUT2D eigenvalue weighted by Gasteiger charge is 2.21. The molecule has 2 aromatic rings. The summed E-state index contributed by atoms with van der Waals surface area (Å²) in [5.74, 6) is 2.54. The molecule has 3 nitrogen and oxygen atoms in total. The average molecular weight is 269 g/mol. The Hall–Kier alpha value is -1.64. The molecule has 0 saturated heterocycles. The molecule has 0 aliphatic heterocycles. The molecule has 0 amide bonds. The molecule has 0 bridgehead atoms. The zero-order valence-corrected chi connectivity index (χ0v) is 12.4. The first-order valence-corrected chi connectivity index (χ1v) is 7.71. The van der Waals surface area contributed by atoms with E-state index in [-0.39, 0.29) is 0 Å². The highest BCUT2D eigenvalue weighted by molar-refractivity contribution is 5.76. The van der Waals surface area contributed by atoms with Crippen molar-refractivity contribution in [3.05, 3.63) is 30.0 Å². The quantitative estimate of drug-likeness (QED) is 0.908. The topological polar surface area (TPSA) is 37.8 Å². The van der Waals surface area contributed by atoms with Gasteiger partial charge in [0.2, 0.25) is 0 Å². The molecule has 1 heterocycles. The SMILES string of the molecule is Cc1nc2ccccc2nc1NCC1CCCCC1C. The first-order chi connectivity index (χ1) is 9.74. The van der Waals surface area contributed by atoms with E-state index in [0.717, 1.165) is 40.9 Å². The van der Waals surface area contributed by atoms with Gasteiger partial charge in [-0.15, -0.1) is 0 Å². The lowest BCUT2D eigenvalue weighted by Crippen LogP contribution is -2.25. The third-order valence-electron chi connectivity index (χ3n) is 4.57. The van der Waals surface area contributed by atoms with Crippen LogP contribution in [0.25, 0.3) is 11.0 Å². The number of hydrogen-bond donors (Lipinski definition) is 1. The van der Waals surface area contributed by atoms with Crippen molar-refractivity contribution in [3.63, 3.8) is 0 Å². The largest absolute Gasteiger partial charge is 0.368 e. The highest BCUT2D eigenvalue weighted by atomic mass is 15.0. The lowest BCUT2D eigenvalue weighted by atomic mass is 9.80. The number of nitrogens with one attached hydrogen (secondary N) is 1. The molecule has 1 aromatic heterocycles. The summed E-state index contributed by atoms with van der Waals surface area (Å²) in [5, 5.41) is 3.53. The number of rotatable bonds is 3. The van der Waals surface area contributed by atoms with E-state index in [1.54, 1.807) is 0 Å². The van der Waals surface area contributed by atoms with Crippen LogP contribution < -0.4 is 5.32 Å². The van der Waals surface area contributed by atoms with Gasteiger partial charge in [0, 0.05) is 6.54 Å². The number of para-hydroxylation sites is 2. The lowest BCUT2D eigenvalue weighted by molar-refractivity contribution is 0.268. The fraction of sp³-hybridized carbons (Fsp3) is 0.529. The number of nitrogens with zero attached hydrogens (tertiary/aromatic N) is 2. The van der Waals surface area contributed by atoms with Crippen LogP contribution in [0.5, 0.6) is 0 Å². The zero-order chi connectivity index (χ0) is 13.9. The maximum Gasteiger partial charge on any atom is 0.148 e. The summed E-state index contributed by atoms with van der Waals surface area (Å²) in [6.07, 6.45) is 5.48. The van der Waals surface area contributed by atoms with E-state index in [1.807, 2.05) is 31.2 Å². The van der Waals surface area contributed by atoms with Gasteiger partial charge in [0.05, 0.1) is 16.7 Å². The van der Waals surface area contributed by atoms with E-state index < -0.39 is 0 Å². The van der Waals surface area contributed by atoms with Crippen molar-refractivity contribution in [2.45, 2.75) is 39.5 Å². The Morgan fingerprint density at radius 3 is 2.55 bits per heavy atom. The Morgan fingerprint density at radius 2 is 1.80 bits per heavy atom. The minimum absolute atomic E-state index is 0.774. The first-order valence-electron chi connectivity index (χ1n) is 7.71. The molecule has 0 radical (unpaired) electrons. The van der Waals surface area contributed by atoms with E-state index >= 15 is 0 Å². The second-order valence-corrected chi connectivity index (χ2v) is 6.05. The van der Waals surface area contributed by atoms with Crippen LogP contribution >= 0.6 is 0 Å². The second kappa shape index (κ2) is 5.78. The normalized spacial score (nSPS) is 22.9. The number of benzene rings is 1. The summed E-state index contributed by atoms with van der Waals surface area (Å²) in [7, 11) is 0. The molecule has 1 N–H and O–H groups in total. The molecule has 1 saturated carbocycles. The van der Waals surface area contributed by atoms with Gasteiger partial charge in [-0.25, -0.2) is 9.97 Å². The fourth-order valence-corrected chi connectivity index (χ4v) is 3.18. The van der Waals surface area contributed by atoms with Crippen molar-refractivity contribution in [3.8, 4) is 0 Å². The summed E-state index contributed by atoms with van der Waals surface area (Å²) >= 11 is 0. The molecule has 0 spiro atoms. The number of hydrogen-bond acceptors (Lipinski definition) is 3. The summed E-state index contributed by atoms with van der Waals surface area (Å²) in [4.78, 5) is 9.34. The predicted octanol–water partition coefficient (Wildman–Crippen LogP) is 4.18. The smallest absolute Gasteiger partial charge is 0.148 e. The molecule has 3 rings (SSSR count). The minimum atomic E-state index is 0.774. The fourth-order valence-electron chi connectivity index (χ4n) is 3.18. The van der Waals surface area contributed by atoms with E-state index in [0.29, 0.717) is 0 Å². The molecule has 1 fully saturated rings. The molecule has 1 aliphatic rings. The van der Waals surface area contributed by atoms with Crippen LogP contribution in [0.3, 0.4) is 0 Å². The third kappa shape index (κ3) is 2.77. The van der Waals surface area contributed by atoms with E-state index in [2.05, 4.69) is 17.2 Å². The molecule has 3 heteroatoms. The number of aromatic nitrogens is 2. The molecule has 1 aliphatic carbocycles. The van der Waals surface area contributed by atoms with Gasteiger partial charge in [0.25, 0.3) is 0 Å². The molecule has 2 unspecified atom stereocenters. The standard InChI is InChI=1S/C17H23N3/c1-12-7-3-4-8-14(12)11-18-17-13(2)19-15-9-5-6-10-16(15)20-17/h5-6,9-10,12,14H,3-4,7-8,11H2,1-2H3,(H,18,20). The van der Waals surface area contributed by atoms with Crippen LogP contribution in [0.1, 0.15) is 38.3 Å². The van der Waals surface area contributed by atoms with Crippen molar-refractivity contribution in [2.24, 2.45) is 11.8 Å². The monoisotopic (exact) mass is 269 g/mol. The van der Waals surface area contributed by atoms with Crippen molar-refractivity contribution in [2.75, 3.05) is 11.9 Å². The van der Waals surface area contributed by atoms with Gasteiger partial charge >= 0.3 is 0 Å². The van der Waals surface area contributed by atoms with E-state index in [4.69, 9.17) is 4.98 Å². The van der Waals surface area contributed by atoms with Gasteiger partial charge in [0.15, 0.2) is 0 Å². The Balaban J connectivity index is 1.75. The Bertz CT molecular complexity index is 594. The lowest BCUT2D eigenvalue weighted by Gasteiger charge is -2.29. The average Bonchev–Trinajstić information content (AvgIpc) is 2.46. The van der Waals surface area contributed by atoms with Gasteiger partial charge in [0.1, 0.15) is 5.82 Å². The maximum atomic E-state index is 4.71.